The van der Waals surface area contributed by atoms with E-state index in [1.165, 1.54) is 0 Å². The summed E-state index contributed by atoms with van der Waals surface area (Å²) in [6.45, 7) is 6.74. The third-order valence-electron chi connectivity index (χ3n) is 5.28. The maximum atomic E-state index is 12.6. The molecule has 6 nitrogen and oxygen atoms in total. The van der Waals surface area contributed by atoms with Gasteiger partial charge in [-0.3, -0.25) is 0 Å². The Morgan fingerprint density at radius 2 is 2.12 bits per heavy atom. The molecule has 1 aliphatic carbocycles. The molecule has 2 aliphatic rings. The Morgan fingerprint density at radius 3 is 2.75 bits per heavy atom. The standard InChI is InChI=1S/C18H22N4O2/c1-12-8-9-22(21-12)15-7-5-4-6-14(15)19-16(23)20-18-10-13(18)11-24-17(18,2)3/h4-9,13H,10-11H2,1-3H3,(H2,19,20,23). The molecular formula is C18H22N4O2. The fraction of sp³-hybridized carbons (Fsp3) is 0.444. The van der Waals surface area contributed by atoms with Gasteiger partial charge in [0.2, 0.25) is 0 Å². The number of carbonyl (C=O) groups excluding carboxylic acids is 1. The molecule has 1 aliphatic heterocycles. The normalized spacial score (nSPS) is 26.7. The Hall–Kier alpha value is -2.34. The van der Waals surface area contributed by atoms with Crippen molar-refractivity contribution in [2.24, 2.45) is 5.92 Å². The van der Waals surface area contributed by atoms with E-state index in [9.17, 15) is 4.79 Å². The highest BCUT2D eigenvalue weighted by Gasteiger charge is 2.69. The number of urea groups is 1. The van der Waals surface area contributed by atoms with Gasteiger partial charge < -0.3 is 15.4 Å². The van der Waals surface area contributed by atoms with Crippen LogP contribution in [0.5, 0.6) is 0 Å². The van der Waals surface area contributed by atoms with Crippen LogP contribution in [0.3, 0.4) is 0 Å². The van der Waals surface area contributed by atoms with Crippen molar-refractivity contribution in [3.05, 3.63) is 42.2 Å². The zero-order valence-electron chi connectivity index (χ0n) is 14.2. The van der Waals surface area contributed by atoms with Crippen LogP contribution in [0.1, 0.15) is 26.0 Å². The number of fused-ring (bicyclic) bond motifs is 1. The second kappa shape index (κ2) is 5.08. The summed E-state index contributed by atoms with van der Waals surface area (Å²) in [6, 6.07) is 9.37. The molecule has 2 heterocycles. The monoisotopic (exact) mass is 326 g/mol. The smallest absolute Gasteiger partial charge is 0.319 e. The molecule has 4 rings (SSSR count). The van der Waals surface area contributed by atoms with Gasteiger partial charge in [0, 0.05) is 12.1 Å². The van der Waals surface area contributed by atoms with Crippen molar-refractivity contribution in [3.8, 4) is 5.69 Å². The van der Waals surface area contributed by atoms with Gasteiger partial charge in [-0.25, -0.2) is 9.48 Å². The topological polar surface area (TPSA) is 68.2 Å². The average Bonchev–Trinajstić information content (AvgIpc) is 2.98. The number of amides is 2. The first-order valence-corrected chi connectivity index (χ1v) is 8.26. The van der Waals surface area contributed by atoms with Crippen LogP contribution in [-0.4, -0.2) is 33.6 Å². The van der Waals surface area contributed by atoms with Gasteiger partial charge >= 0.3 is 6.03 Å². The van der Waals surface area contributed by atoms with Crippen molar-refractivity contribution in [2.75, 3.05) is 11.9 Å². The Morgan fingerprint density at radius 1 is 1.33 bits per heavy atom. The first kappa shape index (κ1) is 15.2. The van der Waals surface area contributed by atoms with E-state index < -0.39 is 0 Å². The van der Waals surface area contributed by atoms with Crippen LogP contribution < -0.4 is 10.6 Å². The van der Waals surface area contributed by atoms with Crippen molar-refractivity contribution in [1.29, 1.82) is 0 Å². The predicted octanol–water partition coefficient (Wildman–Crippen LogP) is 2.87. The highest BCUT2D eigenvalue weighted by Crippen LogP contribution is 2.57. The predicted molar refractivity (Wildman–Crippen MR) is 91.3 cm³/mol. The molecule has 1 saturated carbocycles. The highest BCUT2D eigenvalue weighted by atomic mass is 16.5. The number of aromatic nitrogens is 2. The van der Waals surface area contributed by atoms with Crippen molar-refractivity contribution < 1.29 is 9.53 Å². The van der Waals surface area contributed by atoms with Crippen LogP contribution in [-0.2, 0) is 4.74 Å². The van der Waals surface area contributed by atoms with E-state index in [0.717, 1.165) is 30.1 Å². The van der Waals surface area contributed by atoms with Crippen LogP contribution in [0.15, 0.2) is 36.5 Å². The van der Waals surface area contributed by atoms with E-state index in [0.29, 0.717) is 5.92 Å². The maximum Gasteiger partial charge on any atom is 0.319 e. The molecule has 2 N–H and O–H groups in total. The molecular weight excluding hydrogens is 304 g/mol. The maximum absolute atomic E-state index is 12.6. The molecule has 2 atom stereocenters. The van der Waals surface area contributed by atoms with Crippen LogP contribution in [0.4, 0.5) is 10.5 Å². The molecule has 2 fully saturated rings. The van der Waals surface area contributed by atoms with E-state index in [1.54, 1.807) is 4.68 Å². The van der Waals surface area contributed by atoms with Gasteiger partial charge in [-0.15, -0.1) is 0 Å². The van der Waals surface area contributed by atoms with E-state index >= 15 is 0 Å². The van der Waals surface area contributed by atoms with Crippen LogP contribution in [0, 0.1) is 12.8 Å². The summed E-state index contributed by atoms with van der Waals surface area (Å²) in [5, 5.41) is 10.5. The van der Waals surface area contributed by atoms with Gasteiger partial charge in [-0.2, -0.15) is 5.10 Å². The number of hydrogen-bond acceptors (Lipinski definition) is 3. The first-order valence-electron chi connectivity index (χ1n) is 8.26. The number of para-hydroxylation sites is 2. The third kappa shape index (κ3) is 2.29. The molecule has 1 aromatic heterocycles. The zero-order chi connectivity index (χ0) is 16.9. The van der Waals surface area contributed by atoms with Gasteiger partial charge in [0.25, 0.3) is 0 Å². The lowest BCUT2D eigenvalue weighted by atomic mass is 9.96. The molecule has 0 radical (unpaired) electrons. The summed E-state index contributed by atoms with van der Waals surface area (Å²) in [6.07, 6.45) is 2.87. The van der Waals surface area contributed by atoms with Crippen LogP contribution in [0.25, 0.3) is 5.69 Å². The van der Waals surface area contributed by atoms with Crippen LogP contribution >= 0.6 is 0 Å². The number of anilines is 1. The lowest BCUT2D eigenvalue weighted by Crippen LogP contribution is -2.52. The minimum absolute atomic E-state index is 0.201. The summed E-state index contributed by atoms with van der Waals surface area (Å²) in [4.78, 5) is 12.6. The highest BCUT2D eigenvalue weighted by molar-refractivity contribution is 5.92. The average molecular weight is 326 g/mol. The second-order valence-corrected chi connectivity index (χ2v) is 7.19. The number of aryl methyl sites for hydroxylation is 1. The van der Waals surface area contributed by atoms with Crippen LogP contribution in [0.2, 0.25) is 0 Å². The Kier molecular flexibility index (Phi) is 3.22. The molecule has 1 saturated heterocycles. The van der Waals surface area contributed by atoms with Gasteiger partial charge in [0.1, 0.15) is 0 Å². The number of ether oxygens (including phenoxy) is 1. The van der Waals surface area contributed by atoms with Crippen molar-refractivity contribution in [1.82, 2.24) is 15.1 Å². The Labute approximate surface area is 141 Å². The number of carbonyl (C=O) groups is 1. The molecule has 2 unspecified atom stereocenters. The van der Waals surface area contributed by atoms with Crippen molar-refractivity contribution in [3.63, 3.8) is 0 Å². The number of hydrogen-bond donors (Lipinski definition) is 2. The quantitative estimate of drug-likeness (QED) is 0.911. The van der Waals surface area contributed by atoms with Gasteiger partial charge in [0.05, 0.1) is 34.8 Å². The van der Waals surface area contributed by atoms with Crippen molar-refractivity contribution >= 4 is 11.7 Å². The molecule has 0 bridgehead atoms. The number of rotatable bonds is 3. The lowest BCUT2D eigenvalue weighted by molar-refractivity contribution is -0.00667. The van der Waals surface area contributed by atoms with E-state index in [2.05, 4.69) is 15.7 Å². The van der Waals surface area contributed by atoms with Gasteiger partial charge in [-0.05, 0) is 45.4 Å². The fourth-order valence-corrected chi connectivity index (χ4v) is 3.69. The third-order valence-corrected chi connectivity index (χ3v) is 5.28. The largest absolute Gasteiger partial charge is 0.373 e. The summed E-state index contributed by atoms with van der Waals surface area (Å²) in [7, 11) is 0. The SMILES string of the molecule is Cc1ccn(-c2ccccc2NC(=O)NC23CC2COC3(C)C)n1. The zero-order valence-corrected chi connectivity index (χ0v) is 14.2. The summed E-state index contributed by atoms with van der Waals surface area (Å²) >= 11 is 0. The Bertz CT molecular complexity index is 798. The minimum atomic E-state index is -0.326. The molecule has 2 amide bonds. The second-order valence-electron chi connectivity index (χ2n) is 7.19. The summed E-state index contributed by atoms with van der Waals surface area (Å²) in [5.41, 5.74) is 1.93. The molecule has 24 heavy (non-hydrogen) atoms. The Balaban J connectivity index is 1.53. The van der Waals surface area contributed by atoms with E-state index in [-0.39, 0.29) is 17.2 Å². The number of benzene rings is 1. The number of nitrogens with one attached hydrogen (secondary N) is 2. The molecule has 0 spiro atoms. The molecule has 2 aromatic rings. The van der Waals surface area contributed by atoms with E-state index in [4.69, 9.17) is 4.74 Å². The minimum Gasteiger partial charge on any atom is -0.373 e. The molecule has 1 aromatic carbocycles. The van der Waals surface area contributed by atoms with Crippen molar-refractivity contribution in [2.45, 2.75) is 38.3 Å². The first-order chi connectivity index (χ1) is 11.4. The summed E-state index contributed by atoms with van der Waals surface area (Å²) in [5.74, 6) is 0.419. The van der Waals surface area contributed by atoms with E-state index in [1.807, 2.05) is 57.3 Å². The molecule has 6 heteroatoms. The fourth-order valence-electron chi connectivity index (χ4n) is 3.69. The lowest BCUT2D eigenvalue weighted by Gasteiger charge is -2.31. The summed E-state index contributed by atoms with van der Waals surface area (Å²) < 4.78 is 7.57. The number of nitrogens with zero attached hydrogens (tertiary/aromatic N) is 2. The van der Waals surface area contributed by atoms with Gasteiger partial charge in [-0.1, -0.05) is 12.1 Å². The molecule has 126 valence electrons. The van der Waals surface area contributed by atoms with Gasteiger partial charge in [0.15, 0.2) is 0 Å².